The summed E-state index contributed by atoms with van der Waals surface area (Å²) in [4.78, 5) is 0.343. The van der Waals surface area contributed by atoms with Gasteiger partial charge in [0.1, 0.15) is 4.90 Å². The predicted molar refractivity (Wildman–Crippen MR) is 77.7 cm³/mol. The topological polar surface area (TPSA) is 58.2 Å². The van der Waals surface area contributed by atoms with E-state index in [1.807, 2.05) is 13.0 Å². The maximum absolute atomic E-state index is 12.5. The van der Waals surface area contributed by atoms with Gasteiger partial charge < -0.3 is 5.32 Å². The molecule has 0 amide bonds. The normalized spacial score (nSPS) is 23.5. The summed E-state index contributed by atoms with van der Waals surface area (Å²) in [5.41, 5.74) is 0.670. The molecule has 2 atom stereocenters. The minimum Gasteiger partial charge on any atom is -0.384 e. The lowest BCUT2D eigenvalue weighted by atomic mass is 10.1. The zero-order valence-electron chi connectivity index (χ0n) is 11.5. The van der Waals surface area contributed by atoms with Crippen molar-refractivity contribution in [2.24, 2.45) is 5.92 Å². The highest BCUT2D eigenvalue weighted by molar-refractivity contribution is 7.89. The van der Waals surface area contributed by atoms with Gasteiger partial charge in [0.25, 0.3) is 0 Å². The van der Waals surface area contributed by atoms with Gasteiger partial charge in [0, 0.05) is 12.6 Å². The predicted octanol–water partition coefficient (Wildman–Crippen LogP) is 2.59. The van der Waals surface area contributed by atoms with Crippen LogP contribution in [0.3, 0.4) is 0 Å². The molecule has 1 aromatic rings. The Morgan fingerprint density at radius 1 is 1.26 bits per heavy atom. The Kier molecular flexibility index (Phi) is 4.47. The Morgan fingerprint density at radius 3 is 2.63 bits per heavy atom. The van der Waals surface area contributed by atoms with Crippen molar-refractivity contribution in [2.45, 2.75) is 44.0 Å². The summed E-state index contributed by atoms with van der Waals surface area (Å²) >= 11 is 0. The molecule has 0 radical (unpaired) electrons. The average molecular weight is 282 g/mol. The summed E-state index contributed by atoms with van der Waals surface area (Å²) in [5.74, 6) is 0.418. The Balaban J connectivity index is 2.24. The third-order valence-corrected chi connectivity index (χ3v) is 5.26. The van der Waals surface area contributed by atoms with Gasteiger partial charge in [0.05, 0.1) is 5.69 Å². The van der Waals surface area contributed by atoms with Crippen molar-refractivity contribution in [3.63, 3.8) is 0 Å². The summed E-state index contributed by atoms with van der Waals surface area (Å²) < 4.78 is 27.8. The SMILES string of the molecule is CCNc1ccccc1S(=O)(=O)NC1CCCC1C. The number of nitrogens with one attached hydrogen (secondary N) is 2. The first-order valence-electron chi connectivity index (χ1n) is 6.90. The van der Waals surface area contributed by atoms with Crippen LogP contribution in [-0.4, -0.2) is 21.0 Å². The maximum Gasteiger partial charge on any atom is 0.242 e. The van der Waals surface area contributed by atoms with E-state index < -0.39 is 10.0 Å². The second kappa shape index (κ2) is 5.92. The molecule has 0 heterocycles. The van der Waals surface area contributed by atoms with Gasteiger partial charge >= 0.3 is 0 Å². The smallest absolute Gasteiger partial charge is 0.242 e. The van der Waals surface area contributed by atoms with Crippen molar-refractivity contribution in [3.8, 4) is 0 Å². The van der Waals surface area contributed by atoms with Gasteiger partial charge in [-0.1, -0.05) is 25.5 Å². The lowest BCUT2D eigenvalue weighted by Gasteiger charge is -2.19. The fraction of sp³-hybridized carbons (Fsp3) is 0.571. The van der Waals surface area contributed by atoms with E-state index in [1.165, 1.54) is 0 Å². The van der Waals surface area contributed by atoms with E-state index in [4.69, 9.17) is 0 Å². The number of rotatable bonds is 5. The Labute approximate surface area is 115 Å². The molecule has 2 unspecified atom stereocenters. The number of hydrogen-bond donors (Lipinski definition) is 2. The molecule has 5 heteroatoms. The summed E-state index contributed by atoms with van der Waals surface area (Å²) in [6, 6.07) is 7.12. The standard InChI is InChI=1S/C14H22N2O2S/c1-3-15-13-8-4-5-10-14(13)19(17,18)16-12-9-6-7-11(12)2/h4-5,8,10-12,15-16H,3,6-7,9H2,1-2H3. The average Bonchev–Trinajstić information content (AvgIpc) is 2.75. The molecule has 1 aromatic carbocycles. The third kappa shape index (κ3) is 3.28. The summed E-state index contributed by atoms with van der Waals surface area (Å²) in [6.07, 6.45) is 3.13. The highest BCUT2D eigenvalue weighted by atomic mass is 32.2. The van der Waals surface area contributed by atoms with E-state index in [0.717, 1.165) is 19.3 Å². The van der Waals surface area contributed by atoms with Crippen LogP contribution in [0.4, 0.5) is 5.69 Å². The molecule has 106 valence electrons. The lowest BCUT2D eigenvalue weighted by Crippen LogP contribution is -2.36. The number of hydrogen-bond acceptors (Lipinski definition) is 3. The molecule has 1 aliphatic rings. The fourth-order valence-corrected chi connectivity index (χ4v) is 4.18. The maximum atomic E-state index is 12.5. The first-order chi connectivity index (χ1) is 9.04. The molecule has 0 bridgehead atoms. The molecule has 19 heavy (non-hydrogen) atoms. The Bertz CT molecular complexity index is 528. The van der Waals surface area contributed by atoms with Crippen LogP contribution in [0, 0.1) is 5.92 Å². The van der Waals surface area contributed by atoms with E-state index in [-0.39, 0.29) is 6.04 Å². The Morgan fingerprint density at radius 2 is 2.00 bits per heavy atom. The first kappa shape index (κ1) is 14.3. The number of anilines is 1. The van der Waals surface area contributed by atoms with Crippen molar-refractivity contribution in [2.75, 3.05) is 11.9 Å². The molecule has 0 aromatic heterocycles. The van der Waals surface area contributed by atoms with Crippen LogP contribution in [0.15, 0.2) is 29.2 Å². The van der Waals surface area contributed by atoms with Gasteiger partial charge in [-0.2, -0.15) is 0 Å². The molecule has 4 nitrogen and oxygen atoms in total. The highest BCUT2D eigenvalue weighted by Gasteiger charge is 2.29. The molecule has 0 saturated heterocycles. The molecular formula is C14H22N2O2S. The van der Waals surface area contributed by atoms with Crippen LogP contribution in [-0.2, 0) is 10.0 Å². The van der Waals surface area contributed by atoms with Gasteiger partial charge in [-0.3, -0.25) is 0 Å². The van der Waals surface area contributed by atoms with E-state index in [2.05, 4.69) is 17.0 Å². The molecule has 2 N–H and O–H groups in total. The molecule has 2 rings (SSSR count). The van der Waals surface area contributed by atoms with Crippen molar-refractivity contribution in [1.29, 1.82) is 0 Å². The minimum atomic E-state index is -3.44. The van der Waals surface area contributed by atoms with Crippen LogP contribution in [0.25, 0.3) is 0 Å². The monoisotopic (exact) mass is 282 g/mol. The Hall–Kier alpha value is -1.07. The highest BCUT2D eigenvalue weighted by Crippen LogP contribution is 2.28. The zero-order chi connectivity index (χ0) is 13.9. The molecule has 1 fully saturated rings. The van der Waals surface area contributed by atoms with E-state index in [0.29, 0.717) is 23.0 Å². The number of para-hydroxylation sites is 1. The van der Waals surface area contributed by atoms with Crippen LogP contribution >= 0.6 is 0 Å². The van der Waals surface area contributed by atoms with E-state index >= 15 is 0 Å². The van der Waals surface area contributed by atoms with Crippen LogP contribution in [0.1, 0.15) is 33.1 Å². The van der Waals surface area contributed by atoms with Gasteiger partial charge in [-0.15, -0.1) is 0 Å². The van der Waals surface area contributed by atoms with E-state index in [1.54, 1.807) is 18.2 Å². The molecule has 1 aliphatic carbocycles. The molecule has 1 saturated carbocycles. The number of benzene rings is 1. The van der Waals surface area contributed by atoms with Gasteiger partial charge in [0.15, 0.2) is 0 Å². The van der Waals surface area contributed by atoms with Crippen molar-refractivity contribution in [1.82, 2.24) is 4.72 Å². The number of sulfonamides is 1. The van der Waals surface area contributed by atoms with Gasteiger partial charge in [0.2, 0.25) is 10.0 Å². The van der Waals surface area contributed by atoms with Gasteiger partial charge in [-0.05, 0) is 37.8 Å². The molecule has 0 aliphatic heterocycles. The van der Waals surface area contributed by atoms with Crippen LogP contribution < -0.4 is 10.0 Å². The molecule has 0 spiro atoms. The molecular weight excluding hydrogens is 260 g/mol. The summed E-state index contributed by atoms with van der Waals surface area (Å²) in [5, 5.41) is 3.10. The van der Waals surface area contributed by atoms with Crippen LogP contribution in [0.5, 0.6) is 0 Å². The van der Waals surface area contributed by atoms with Gasteiger partial charge in [-0.25, -0.2) is 13.1 Å². The second-order valence-corrected chi connectivity index (χ2v) is 6.84. The second-order valence-electron chi connectivity index (χ2n) is 5.16. The largest absolute Gasteiger partial charge is 0.384 e. The lowest BCUT2D eigenvalue weighted by molar-refractivity contribution is 0.476. The van der Waals surface area contributed by atoms with E-state index in [9.17, 15) is 8.42 Å². The fourth-order valence-electron chi connectivity index (χ4n) is 2.62. The van der Waals surface area contributed by atoms with Crippen molar-refractivity contribution >= 4 is 15.7 Å². The third-order valence-electron chi connectivity index (χ3n) is 3.71. The van der Waals surface area contributed by atoms with Crippen molar-refractivity contribution < 1.29 is 8.42 Å². The summed E-state index contributed by atoms with van der Waals surface area (Å²) in [7, 11) is -3.44. The minimum absolute atomic E-state index is 0.0692. The summed E-state index contributed by atoms with van der Waals surface area (Å²) in [6.45, 7) is 4.76. The van der Waals surface area contributed by atoms with Crippen molar-refractivity contribution in [3.05, 3.63) is 24.3 Å². The first-order valence-corrected chi connectivity index (χ1v) is 8.38. The van der Waals surface area contributed by atoms with Crippen LogP contribution in [0.2, 0.25) is 0 Å². The quantitative estimate of drug-likeness (QED) is 0.872. The zero-order valence-corrected chi connectivity index (χ0v) is 12.3.